The zero-order valence-corrected chi connectivity index (χ0v) is 16.1. The summed E-state index contributed by atoms with van der Waals surface area (Å²) in [7, 11) is 1.77. The highest BCUT2D eigenvalue weighted by molar-refractivity contribution is 5.96. The molecule has 3 rings (SSSR count). The second-order valence-electron chi connectivity index (χ2n) is 7.08. The van der Waals surface area contributed by atoms with E-state index >= 15 is 0 Å². The first-order valence-electron chi connectivity index (χ1n) is 9.08. The summed E-state index contributed by atoms with van der Waals surface area (Å²) in [5.41, 5.74) is 11.3. The van der Waals surface area contributed by atoms with Crippen LogP contribution in [0.1, 0.15) is 22.4 Å². The normalized spacial score (nSPS) is 12.0. The average molecular weight is 362 g/mol. The molecule has 0 aliphatic carbocycles. The van der Waals surface area contributed by atoms with Crippen LogP contribution in [0, 0.1) is 13.8 Å². The van der Waals surface area contributed by atoms with Gasteiger partial charge in [-0.2, -0.15) is 0 Å². The van der Waals surface area contributed by atoms with Gasteiger partial charge in [-0.05, 0) is 42.7 Å². The lowest BCUT2D eigenvalue weighted by molar-refractivity contribution is -0.119. The summed E-state index contributed by atoms with van der Waals surface area (Å²) in [6, 6.07) is 15.6. The van der Waals surface area contributed by atoms with E-state index in [1.807, 2.05) is 54.9 Å². The topological polar surface area (TPSA) is 64.2 Å². The predicted molar refractivity (Wildman–Crippen MR) is 109 cm³/mol. The van der Waals surface area contributed by atoms with Crippen LogP contribution in [0.3, 0.4) is 0 Å². The van der Waals surface area contributed by atoms with Crippen molar-refractivity contribution in [2.45, 2.75) is 32.9 Å². The van der Waals surface area contributed by atoms with Crippen LogP contribution in [-0.2, 0) is 17.8 Å². The Hall–Kier alpha value is -2.92. The molecule has 5 heteroatoms. The van der Waals surface area contributed by atoms with Crippen molar-refractivity contribution in [3.05, 3.63) is 83.4 Å². The largest absolute Gasteiger partial charge is 0.333 e. The number of imidazole rings is 1. The fourth-order valence-corrected chi connectivity index (χ4v) is 3.23. The molecule has 0 bridgehead atoms. The number of hydrogen-bond donors (Lipinski definition) is 1. The third-order valence-corrected chi connectivity index (χ3v) is 4.57. The van der Waals surface area contributed by atoms with Gasteiger partial charge in [0.25, 0.3) is 0 Å². The van der Waals surface area contributed by atoms with E-state index in [9.17, 15) is 4.79 Å². The summed E-state index contributed by atoms with van der Waals surface area (Å²) in [5.74, 6) is -0.113. The van der Waals surface area contributed by atoms with Crippen LogP contribution in [-0.4, -0.2) is 28.5 Å². The van der Waals surface area contributed by atoms with Gasteiger partial charge in [0.15, 0.2) is 0 Å². The number of nitrogens with zero attached hydrogens (tertiary/aromatic N) is 3. The second-order valence-corrected chi connectivity index (χ2v) is 7.08. The van der Waals surface area contributed by atoms with Crippen molar-refractivity contribution in [1.82, 2.24) is 9.55 Å². The van der Waals surface area contributed by atoms with Crippen LogP contribution in [0.5, 0.6) is 0 Å². The van der Waals surface area contributed by atoms with E-state index in [0.29, 0.717) is 6.42 Å². The van der Waals surface area contributed by atoms with Gasteiger partial charge in [-0.25, -0.2) is 4.98 Å². The minimum atomic E-state index is -0.629. The Balaban J connectivity index is 1.64. The maximum absolute atomic E-state index is 12.7. The summed E-state index contributed by atoms with van der Waals surface area (Å²) in [4.78, 5) is 18.8. The molecule has 0 spiro atoms. The summed E-state index contributed by atoms with van der Waals surface area (Å²) in [5, 5.41) is 0. The van der Waals surface area contributed by atoms with Gasteiger partial charge in [0.1, 0.15) is 0 Å². The third kappa shape index (κ3) is 4.83. The smallest absolute Gasteiger partial charge is 0.244 e. The number of carbonyl (C=O) groups is 1. The van der Waals surface area contributed by atoms with Crippen LogP contribution in [0.4, 0.5) is 5.69 Å². The molecule has 1 amide bonds. The molecule has 0 saturated heterocycles. The van der Waals surface area contributed by atoms with Gasteiger partial charge < -0.3 is 15.2 Å². The maximum Gasteiger partial charge on any atom is 0.244 e. The molecular formula is C22H26N4O. The zero-order valence-electron chi connectivity index (χ0n) is 16.1. The maximum atomic E-state index is 12.7. The number of anilines is 1. The predicted octanol–water partition coefficient (Wildman–Crippen LogP) is 3.08. The fraction of sp³-hybridized carbons (Fsp3) is 0.273. The Morgan fingerprint density at radius 1 is 1.15 bits per heavy atom. The molecule has 0 unspecified atom stereocenters. The van der Waals surface area contributed by atoms with E-state index in [1.165, 1.54) is 5.56 Å². The summed E-state index contributed by atoms with van der Waals surface area (Å²) in [6.07, 6.45) is 4.15. The molecule has 0 fully saturated rings. The summed E-state index contributed by atoms with van der Waals surface area (Å²) >= 11 is 0. The molecule has 1 aromatic heterocycles. The molecule has 0 saturated carbocycles. The highest BCUT2D eigenvalue weighted by Crippen LogP contribution is 2.18. The highest BCUT2D eigenvalue weighted by atomic mass is 16.2. The van der Waals surface area contributed by atoms with Crippen molar-refractivity contribution in [3.63, 3.8) is 0 Å². The second kappa shape index (κ2) is 8.18. The Kier molecular flexibility index (Phi) is 5.72. The number of carbonyl (C=O) groups excluding carboxylic acids is 1. The Bertz CT molecular complexity index is 897. The average Bonchev–Trinajstić information content (AvgIpc) is 3.07. The minimum Gasteiger partial charge on any atom is -0.333 e. The van der Waals surface area contributed by atoms with E-state index in [1.54, 1.807) is 18.3 Å². The molecule has 140 valence electrons. The van der Waals surface area contributed by atoms with Crippen molar-refractivity contribution < 1.29 is 4.79 Å². The van der Waals surface area contributed by atoms with Crippen LogP contribution < -0.4 is 10.6 Å². The lowest BCUT2D eigenvalue weighted by Gasteiger charge is -2.22. The zero-order chi connectivity index (χ0) is 19.4. The van der Waals surface area contributed by atoms with Gasteiger partial charge in [-0.15, -0.1) is 0 Å². The monoisotopic (exact) mass is 362 g/mol. The van der Waals surface area contributed by atoms with Gasteiger partial charge >= 0.3 is 0 Å². The van der Waals surface area contributed by atoms with E-state index in [2.05, 4.69) is 23.2 Å². The Labute approximate surface area is 160 Å². The van der Waals surface area contributed by atoms with Crippen LogP contribution in [0.25, 0.3) is 0 Å². The number of aromatic nitrogens is 2. The molecule has 3 aromatic rings. The third-order valence-electron chi connectivity index (χ3n) is 4.57. The van der Waals surface area contributed by atoms with E-state index in [4.69, 9.17) is 5.73 Å². The van der Waals surface area contributed by atoms with Crippen molar-refractivity contribution >= 4 is 11.6 Å². The summed E-state index contributed by atoms with van der Waals surface area (Å²) in [6.45, 7) is 4.79. The Morgan fingerprint density at radius 2 is 1.81 bits per heavy atom. The molecule has 27 heavy (non-hydrogen) atoms. The number of aryl methyl sites for hydroxylation is 2. The van der Waals surface area contributed by atoms with E-state index in [0.717, 1.165) is 29.1 Å². The SMILES string of the molecule is Cc1cc(C)cc(N(C)C(=O)[C@@H](N)Cc2cn(Cc3ccccc3)cn2)c1. The van der Waals surface area contributed by atoms with Crippen LogP contribution in [0.15, 0.2) is 61.1 Å². The molecular weight excluding hydrogens is 336 g/mol. The number of amides is 1. The molecule has 1 atom stereocenters. The first-order valence-corrected chi connectivity index (χ1v) is 9.08. The minimum absolute atomic E-state index is 0.113. The van der Waals surface area contributed by atoms with Gasteiger partial charge in [0.2, 0.25) is 5.91 Å². The van der Waals surface area contributed by atoms with Gasteiger partial charge in [-0.3, -0.25) is 4.79 Å². The highest BCUT2D eigenvalue weighted by Gasteiger charge is 2.21. The molecule has 1 heterocycles. The lowest BCUT2D eigenvalue weighted by atomic mass is 10.1. The fourth-order valence-electron chi connectivity index (χ4n) is 3.23. The molecule has 0 radical (unpaired) electrons. The first-order chi connectivity index (χ1) is 12.9. The van der Waals surface area contributed by atoms with Gasteiger partial charge in [0, 0.05) is 31.9 Å². The van der Waals surface area contributed by atoms with E-state index < -0.39 is 6.04 Å². The Morgan fingerprint density at radius 3 is 2.48 bits per heavy atom. The van der Waals surface area contributed by atoms with Crippen molar-refractivity contribution in [2.75, 3.05) is 11.9 Å². The quantitative estimate of drug-likeness (QED) is 0.733. The standard InChI is InChI=1S/C22H26N4O/c1-16-9-17(2)11-20(10-16)25(3)22(27)21(23)12-19-14-26(15-24-19)13-18-7-5-4-6-8-18/h4-11,14-15,21H,12-13,23H2,1-3H3/t21-/m0/s1. The number of rotatable bonds is 6. The number of hydrogen-bond acceptors (Lipinski definition) is 3. The number of likely N-dealkylation sites (N-methyl/N-ethyl adjacent to an activating group) is 1. The number of benzene rings is 2. The number of nitrogens with two attached hydrogens (primary N) is 1. The van der Waals surface area contributed by atoms with Gasteiger partial charge in [0.05, 0.1) is 18.1 Å². The van der Waals surface area contributed by atoms with Crippen molar-refractivity contribution in [2.24, 2.45) is 5.73 Å². The first kappa shape index (κ1) is 18.9. The van der Waals surface area contributed by atoms with Crippen LogP contribution in [0.2, 0.25) is 0 Å². The van der Waals surface area contributed by atoms with E-state index in [-0.39, 0.29) is 5.91 Å². The molecule has 2 N–H and O–H groups in total. The molecule has 5 nitrogen and oxygen atoms in total. The van der Waals surface area contributed by atoms with Gasteiger partial charge in [-0.1, -0.05) is 36.4 Å². The molecule has 0 aliphatic rings. The summed E-state index contributed by atoms with van der Waals surface area (Å²) < 4.78 is 2.01. The molecule has 0 aliphatic heterocycles. The molecule has 2 aromatic carbocycles. The van der Waals surface area contributed by atoms with Crippen molar-refractivity contribution in [1.29, 1.82) is 0 Å². The van der Waals surface area contributed by atoms with Crippen molar-refractivity contribution in [3.8, 4) is 0 Å². The van der Waals surface area contributed by atoms with Crippen LogP contribution >= 0.6 is 0 Å². The lowest BCUT2D eigenvalue weighted by Crippen LogP contribution is -2.43.